The highest BCUT2D eigenvalue weighted by Gasteiger charge is 2.58. The van der Waals surface area contributed by atoms with Crippen molar-refractivity contribution in [2.75, 3.05) is 7.05 Å². The van der Waals surface area contributed by atoms with Crippen LogP contribution in [0.5, 0.6) is 0 Å². The smallest absolute Gasteiger partial charge is 0.233 e. The highest BCUT2D eigenvalue weighted by molar-refractivity contribution is 6.06. The molecule has 1 heterocycles. The molecule has 2 fully saturated rings. The molecule has 3 unspecified atom stereocenters. The third-order valence-corrected chi connectivity index (χ3v) is 3.69. The fraction of sp³-hybridized carbons (Fsp3) is 0.600. The van der Waals surface area contributed by atoms with Gasteiger partial charge in [-0.1, -0.05) is 12.2 Å². The van der Waals surface area contributed by atoms with Crippen LogP contribution in [0.3, 0.4) is 0 Å². The fourth-order valence-corrected chi connectivity index (χ4v) is 3.05. The van der Waals surface area contributed by atoms with Gasteiger partial charge >= 0.3 is 0 Å². The van der Waals surface area contributed by atoms with Gasteiger partial charge in [-0.05, 0) is 18.3 Å². The first-order valence-corrected chi connectivity index (χ1v) is 4.70. The Labute approximate surface area is 76.4 Å². The Morgan fingerprint density at radius 3 is 2.08 bits per heavy atom. The molecule has 1 saturated heterocycles. The normalized spacial score (nSPS) is 46.4. The van der Waals surface area contributed by atoms with Crippen molar-refractivity contribution >= 4 is 11.8 Å². The van der Waals surface area contributed by atoms with E-state index < -0.39 is 0 Å². The van der Waals surface area contributed by atoms with E-state index in [1.54, 1.807) is 7.05 Å². The van der Waals surface area contributed by atoms with E-state index in [-0.39, 0.29) is 23.7 Å². The van der Waals surface area contributed by atoms with Gasteiger partial charge in [-0.15, -0.1) is 0 Å². The summed E-state index contributed by atoms with van der Waals surface area (Å²) in [5, 5.41) is 0. The predicted octanol–water partition coefficient (Wildman–Crippen LogP) is 0.423. The van der Waals surface area contributed by atoms with Crippen molar-refractivity contribution in [3.63, 3.8) is 0 Å². The van der Waals surface area contributed by atoms with Gasteiger partial charge in [0.25, 0.3) is 0 Å². The molecule has 68 valence electrons. The van der Waals surface area contributed by atoms with Crippen LogP contribution in [0.4, 0.5) is 0 Å². The minimum absolute atomic E-state index is 0.0208. The summed E-state index contributed by atoms with van der Waals surface area (Å²) in [6.07, 6.45) is 5.23. The monoisotopic (exact) mass is 177 g/mol. The minimum atomic E-state index is -0.0208. The van der Waals surface area contributed by atoms with Gasteiger partial charge in [0.05, 0.1) is 11.8 Å². The molecule has 0 spiro atoms. The topological polar surface area (TPSA) is 37.4 Å². The second kappa shape index (κ2) is 2.03. The average molecular weight is 177 g/mol. The molecule has 3 nitrogen and oxygen atoms in total. The summed E-state index contributed by atoms with van der Waals surface area (Å²) in [6, 6.07) is 0. The molecule has 3 rings (SSSR count). The molecule has 0 aromatic carbocycles. The molecule has 3 aliphatic rings. The molecule has 2 amide bonds. The Hall–Kier alpha value is -1.12. The Bertz CT molecular complexity index is 304. The molecule has 2 bridgehead atoms. The number of carbonyl (C=O) groups is 2. The van der Waals surface area contributed by atoms with Crippen LogP contribution < -0.4 is 0 Å². The molecular weight excluding hydrogens is 166 g/mol. The number of fused-ring (bicyclic) bond motifs is 5. The number of imide groups is 1. The van der Waals surface area contributed by atoms with Crippen LogP contribution in [0.25, 0.3) is 0 Å². The first-order valence-electron chi connectivity index (χ1n) is 4.70. The lowest BCUT2D eigenvalue weighted by atomic mass is 9.85. The van der Waals surface area contributed by atoms with Gasteiger partial charge in [0.15, 0.2) is 0 Å². The van der Waals surface area contributed by atoms with Crippen LogP contribution in [0.15, 0.2) is 12.2 Å². The van der Waals surface area contributed by atoms with Crippen molar-refractivity contribution in [1.29, 1.82) is 0 Å². The molecule has 0 aromatic rings. The zero-order chi connectivity index (χ0) is 9.16. The zero-order valence-corrected chi connectivity index (χ0v) is 7.43. The number of likely N-dealkylation sites (tertiary alicyclic amines) is 1. The van der Waals surface area contributed by atoms with Crippen molar-refractivity contribution in [2.24, 2.45) is 23.7 Å². The molecule has 2 aliphatic carbocycles. The number of rotatable bonds is 0. The van der Waals surface area contributed by atoms with Crippen molar-refractivity contribution in [3.8, 4) is 0 Å². The SMILES string of the molecule is CN1C(=O)C2C3C=C[C@H](C3)C2C1=O. The van der Waals surface area contributed by atoms with Crippen molar-refractivity contribution < 1.29 is 9.59 Å². The lowest BCUT2D eigenvalue weighted by Crippen LogP contribution is -2.28. The molecule has 1 aliphatic heterocycles. The van der Waals surface area contributed by atoms with E-state index >= 15 is 0 Å². The number of hydrogen-bond acceptors (Lipinski definition) is 2. The molecule has 0 aromatic heterocycles. The highest BCUT2D eigenvalue weighted by atomic mass is 16.2. The van der Waals surface area contributed by atoms with Crippen molar-refractivity contribution in [2.45, 2.75) is 6.42 Å². The second-order valence-corrected chi connectivity index (χ2v) is 4.24. The maximum absolute atomic E-state index is 11.7. The summed E-state index contributed by atoms with van der Waals surface area (Å²) in [7, 11) is 1.60. The van der Waals surface area contributed by atoms with Gasteiger partial charge in [-0.25, -0.2) is 0 Å². The Balaban J connectivity index is 2.08. The number of carbonyl (C=O) groups excluding carboxylic acids is 2. The minimum Gasteiger partial charge on any atom is -0.285 e. The second-order valence-electron chi connectivity index (χ2n) is 4.24. The zero-order valence-electron chi connectivity index (χ0n) is 7.43. The summed E-state index contributed by atoms with van der Waals surface area (Å²) in [4.78, 5) is 24.6. The Morgan fingerprint density at radius 1 is 1.15 bits per heavy atom. The Morgan fingerprint density at radius 2 is 1.62 bits per heavy atom. The van der Waals surface area contributed by atoms with E-state index in [1.807, 2.05) is 0 Å². The molecule has 13 heavy (non-hydrogen) atoms. The van der Waals surface area contributed by atoms with Gasteiger partial charge in [-0.2, -0.15) is 0 Å². The van der Waals surface area contributed by atoms with E-state index in [4.69, 9.17) is 0 Å². The van der Waals surface area contributed by atoms with Crippen LogP contribution in [-0.4, -0.2) is 23.8 Å². The number of amides is 2. The summed E-state index contributed by atoms with van der Waals surface area (Å²) in [6.45, 7) is 0. The highest BCUT2D eigenvalue weighted by Crippen LogP contribution is 2.52. The van der Waals surface area contributed by atoms with Crippen LogP contribution in [0.1, 0.15) is 6.42 Å². The molecular formula is C10H11NO2. The van der Waals surface area contributed by atoms with E-state index in [0.29, 0.717) is 11.8 Å². The van der Waals surface area contributed by atoms with Crippen LogP contribution in [0.2, 0.25) is 0 Å². The molecule has 0 radical (unpaired) electrons. The van der Waals surface area contributed by atoms with Gasteiger partial charge in [0.2, 0.25) is 11.8 Å². The molecule has 4 atom stereocenters. The van der Waals surface area contributed by atoms with Crippen molar-refractivity contribution in [1.82, 2.24) is 4.90 Å². The quantitative estimate of drug-likeness (QED) is 0.397. The first kappa shape index (κ1) is 7.30. The standard InChI is InChI=1S/C10H11NO2/c1-11-9(12)7-5-2-3-6(4-5)8(7)10(11)13/h2-3,5-8H,4H2,1H3/t5-,6?,7?,8?/m1/s1. The van der Waals surface area contributed by atoms with E-state index in [2.05, 4.69) is 12.2 Å². The maximum atomic E-state index is 11.7. The van der Waals surface area contributed by atoms with Gasteiger partial charge < -0.3 is 0 Å². The third-order valence-electron chi connectivity index (χ3n) is 3.69. The van der Waals surface area contributed by atoms with Crippen LogP contribution >= 0.6 is 0 Å². The molecule has 3 heteroatoms. The predicted molar refractivity (Wildman–Crippen MR) is 45.5 cm³/mol. The molecule has 1 saturated carbocycles. The summed E-state index contributed by atoms with van der Waals surface area (Å²) < 4.78 is 0. The van der Waals surface area contributed by atoms with E-state index in [0.717, 1.165) is 6.42 Å². The summed E-state index contributed by atoms with van der Waals surface area (Å²) in [5.41, 5.74) is 0. The fourth-order valence-electron chi connectivity index (χ4n) is 3.05. The first-order chi connectivity index (χ1) is 6.20. The van der Waals surface area contributed by atoms with Crippen LogP contribution in [-0.2, 0) is 9.59 Å². The lowest BCUT2D eigenvalue weighted by Gasteiger charge is -2.14. The average Bonchev–Trinajstić information content (AvgIpc) is 2.76. The van der Waals surface area contributed by atoms with E-state index in [9.17, 15) is 9.59 Å². The van der Waals surface area contributed by atoms with E-state index in [1.165, 1.54) is 4.90 Å². The largest absolute Gasteiger partial charge is 0.285 e. The van der Waals surface area contributed by atoms with Gasteiger partial charge in [0, 0.05) is 7.05 Å². The third kappa shape index (κ3) is 0.666. The maximum Gasteiger partial charge on any atom is 0.233 e. The number of hydrogen-bond donors (Lipinski definition) is 0. The summed E-state index contributed by atoms with van der Waals surface area (Å²) >= 11 is 0. The Kier molecular flexibility index (Phi) is 1.14. The molecule has 0 N–H and O–H groups in total. The van der Waals surface area contributed by atoms with Crippen LogP contribution in [0, 0.1) is 23.7 Å². The van der Waals surface area contributed by atoms with Gasteiger partial charge in [0.1, 0.15) is 0 Å². The number of nitrogens with zero attached hydrogens (tertiary/aromatic N) is 1. The van der Waals surface area contributed by atoms with Gasteiger partial charge in [-0.3, -0.25) is 14.5 Å². The lowest BCUT2D eigenvalue weighted by molar-refractivity contribution is -0.138. The summed E-state index contributed by atoms with van der Waals surface area (Å²) in [5.74, 6) is 0.714. The number of allylic oxidation sites excluding steroid dienone is 2. The van der Waals surface area contributed by atoms with Crippen molar-refractivity contribution in [3.05, 3.63) is 12.2 Å².